The lowest BCUT2D eigenvalue weighted by molar-refractivity contribution is 0.620. The van der Waals surface area contributed by atoms with Gasteiger partial charge in [0.05, 0.1) is 23.3 Å². The average molecular weight is 304 g/mol. The molecule has 0 bridgehead atoms. The zero-order chi connectivity index (χ0) is 15.1. The predicted molar refractivity (Wildman–Crippen MR) is 83.5 cm³/mol. The Hall–Kier alpha value is -1.95. The molecule has 21 heavy (non-hydrogen) atoms. The minimum absolute atomic E-state index is 0.221. The van der Waals surface area contributed by atoms with Gasteiger partial charge in [0.2, 0.25) is 0 Å². The Kier molecular flexibility index (Phi) is 3.41. The van der Waals surface area contributed by atoms with Crippen LogP contribution in [-0.2, 0) is 20.0 Å². The second-order valence-corrected chi connectivity index (χ2v) is 5.65. The first-order valence-corrected chi connectivity index (χ1v) is 7.30. The van der Waals surface area contributed by atoms with E-state index in [1.807, 2.05) is 28.6 Å². The second kappa shape index (κ2) is 5.11. The molecule has 0 radical (unpaired) electrons. The number of H-pyrrole nitrogens is 1. The summed E-state index contributed by atoms with van der Waals surface area (Å²) in [5.74, 6) is -0.221. The number of hydrogen-bond acceptors (Lipinski definition) is 2. The fourth-order valence-electron chi connectivity index (χ4n) is 2.62. The first kappa shape index (κ1) is 14.0. The molecular weight excluding hydrogens is 287 g/mol. The van der Waals surface area contributed by atoms with Gasteiger partial charge < -0.3 is 9.55 Å². The summed E-state index contributed by atoms with van der Waals surface area (Å²) >= 11 is 5.38. The Balaban J connectivity index is 2.14. The third-order valence-electron chi connectivity index (χ3n) is 3.71. The summed E-state index contributed by atoms with van der Waals surface area (Å²) in [5.41, 5.74) is 4.47. The SMILES string of the molecule is CCc1nn(C)cc1Cn1c(=S)[nH]c2cc(F)c(C)cc21. The van der Waals surface area contributed by atoms with Gasteiger partial charge in [0.15, 0.2) is 4.77 Å². The molecule has 6 heteroatoms. The van der Waals surface area contributed by atoms with Crippen LogP contribution in [0, 0.1) is 17.5 Å². The van der Waals surface area contributed by atoms with Crippen molar-refractivity contribution in [1.29, 1.82) is 0 Å². The maximum atomic E-state index is 13.7. The molecule has 2 heterocycles. The van der Waals surface area contributed by atoms with E-state index in [9.17, 15) is 4.39 Å². The van der Waals surface area contributed by atoms with Gasteiger partial charge >= 0.3 is 0 Å². The molecule has 0 aliphatic rings. The van der Waals surface area contributed by atoms with Gasteiger partial charge in [-0.2, -0.15) is 5.10 Å². The molecule has 110 valence electrons. The summed E-state index contributed by atoms with van der Waals surface area (Å²) < 4.78 is 18.1. The van der Waals surface area contributed by atoms with Crippen molar-refractivity contribution in [2.45, 2.75) is 26.8 Å². The number of hydrogen-bond donors (Lipinski definition) is 1. The number of halogens is 1. The molecule has 0 saturated carbocycles. The Bertz CT molecular complexity index is 872. The van der Waals surface area contributed by atoms with Crippen molar-refractivity contribution in [3.8, 4) is 0 Å². The molecule has 0 unspecified atom stereocenters. The van der Waals surface area contributed by atoms with Crippen molar-refractivity contribution < 1.29 is 4.39 Å². The van der Waals surface area contributed by atoms with Gasteiger partial charge in [-0.05, 0) is 43.3 Å². The maximum absolute atomic E-state index is 13.7. The molecule has 3 aromatic rings. The summed E-state index contributed by atoms with van der Waals surface area (Å²) in [6.45, 7) is 4.48. The molecule has 0 amide bonds. The second-order valence-electron chi connectivity index (χ2n) is 5.26. The van der Waals surface area contributed by atoms with Gasteiger partial charge in [0.1, 0.15) is 5.82 Å². The number of aromatic amines is 1. The Morgan fingerprint density at radius 1 is 1.38 bits per heavy atom. The summed E-state index contributed by atoms with van der Waals surface area (Å²) in [6.07, 6.45) is 2.88. The monoisotopic (exact) mass is 304 g/mol. The quantitative estimate of drug-likeness (QED) is 0.752. The van der Waals surface area contributed by atoms with Crippen LogP contribution < -0.4 is 0 Å². The van der Waals surface area contributed by atoms with E-state index in [4.69, 9.17) is 12.2 Å². The molecule has 3 rings (SSSR count). The first-order chi connectivity index (χ1) is 9.99. The number of fused-ring (bicyclic) bond motifs is 1. The van der Waals surface area contributed by atoms with Crippen LogP contribution >= 0.6 is 12.2 Å². The topological polar surface area (TPSA) is 38.5 Å². The van der Waals surface area contributed by atoms with Crippen molar-refractivity contribution in [2.24, 2.45) is 7.05 Å². The number of imidazole rings is 1. The maximum Gasteiger partial charge on any atom is 0.178 e. The fourth-order valence-corrected chi connectivity index (χ4v) is 2.90. The van der Waals surface area contributed by atoms with E-state index in [-0.39, 0.29) is 5.82 Å². The zero-order valence-electron chi connectivity index (χ0n) is 12.3. The number of nitrogens with one attached hydrogen (secondary N) is 1. The van der Waals surface area contributed by atoms with Crippen LogP contribution in [0.15, 0.2) is 18.3 Å². The van der Waals surface area contributed by atoms with E-state index >= 15 is 0 Å². The third kappa shape index (κ3) is 2.40. The van der Waals surface area contributed by atoms with Crippen LogP contribution in [0.4, 0.5) is 4.39 Å². The number of nitrogens with zero attached hydrogens (tertiary/aromatic N) is 3. The lowest BCUT2D eigenvalue weighted by Crippen LogP contribution is -2.01. The first-order valence-electron chi connectivity index (χ1n) is 6.89. The highest BCUT2D eigenvalue weighted by molar-refractivity contribution is 7.71. The van der Waals surface area contributed by atoms with Gasteiger partial charge in [-0.15, -0.1) is 0 Å². The lowest BCUT2D eigenvalue weighted by atomic mass is 10.2. The van der Waals surface area contributed by atoms with Crippen LogP contribution in [0.25, 0.3) is 11.0 Å². The minimum Gasteiger partial charge on any atom is -0.330 e. The summed E-state index contributed by atoms with van der Waals surface area (Å²) in [6, 6.07) is 3.33. The molecule has 0 saturated heterocycles. The highest BCUT2D eigenvalue weighted by Crippen LogP contribution is 2.21. The molecule has 0 aliphatic heterocycles. The van der Waals surface area contributed by atoms with E-state index in [1.54, 1.807) is 6.92 Å². The van der Waals surface area contributed by atoms with Crippen molar-refractivity contribution in [1.82, 2.24) is 19.3 Å². The van der Waals surface area contributed by atoms with Crippen LogP contribution in [0.1, 0.15) is 23.7 Å². The molecule has 1 N–H and O–H groups in total. The van der Waals surface area contributed by atoms with Gasteiger partial charge in [0.25, 0.3) is 0 Å². The number of benzene rings is 1. The highest BCUT2D eigenvalue weighted by atomic mass is 32.1. The average Bonchev–Trinajstić information content (AvgIpc) is 2.93. The van der Waals surface area contributed by atoms with Crippen molar-refractivity contribution in [3.63, 3.8) is 0 Å². The highest BCUT2D eigenvalue weighted by Gasteiger charge is 2.12. The summed E-state index contributed by atoms with van der Waals surface area (Å²) in [5, 5.41) is 4.45. The molecule has 4 nitrogen and oxygen atoms in total. The van der Waals surface area contributed by atoms with Crippen molar-refractivity contribution in [3.05, 3.63) is 45.7 Å². The van der Waals surface area contributed by atoms with E-state index in [1.165, 1.54) is 6.07 Å². The van der Waals surface area contributed by atoms with Crippen LogP contribution in [0.2, 0.25) is 0 Å². The standard InChI is InChI=1S/C15H17FN4S/c1-4-12-10(7-19(3)18-12)8-20-14-5-9(2)11(16)6-13(14)17-15(20)21/h5-7H,4,8H2,1-3H3,(H,17,21). The minimum atomic E-state index is -0.221. The summed E-state index contributed by atoms with van der Waals surface area (Å²) in [4.78, 5) is 3.07. The van der Waals surface area contributed by atoms with Crippen LogP contribution in [-0.4, -0.2) is 19.3 Å². The molecule has 2 aromatic heterocycles. The molecule has 1 aromatic carbocycles. The Morgan fingerprint density at radius 3 is 2.86 bits per heavy atom. The Morgan fingerprint density at radius 2 is 2.14 bits per heavy atom. The van der Waals surface area contributed by atoms with E-state index < -0.39 is 0 Å². The van der Waals surface area contributed by atoms with E-state index in [0.29, 0.717) is 16.9 Å². The molecular formula is C15H17FN4S. The zero-order valence-corrected chi connectivity index (χ0v) is 13.1. The van der Waals surface area contributed by atoms with Crippen LogP contribution in [0.3, 0.4) is 0 Å². The number of rotatable bonds is 3. The molecule has 0 atom stereocenters. The van der Waals surface area contributed by atoms with Crippen molar-refractivity contribution >= 4 is 23.3 Å². The fraction of sp³-hybridized carbons (Fsp3) is 0.333. The molecule has 0 fully saturated rings. The Labute approximate surface area is 127 Å². The number of aryl methyl sites for hydroxylation is 3. The smallest absolute Gasteiger partial charge is 0.178 e. The van der Waals surface area contributed by atoms with E-state index in [0.717, 1.165) is 28.7 Å². The molecule has 0 spiro atoms. The third-order valence-corrected chi connectivity index (χ3v) is 4.03. The molecule has 0 aliphatic carbocycles. The van der Waals surface area contributed by atoms with Gasteiger partial charge in [-0.25, -0.2) is 4.39 Å². The van der Waals surface area contributed by atoms with Crippen molar-refractivity contribution in [2.75, 3.05) is 0 Å². The number of aromatic nitrogens is 4. The van der Waals surface area contributed by atoms with Gasteiger partial charge in [-0.1, -0.05) is 6.92 Å². The summed E-state index contributed by atoms with van der Waals surface area (Å²) in [7, 11) is 1.91. The van der Waals surface area contributed by atoms with E-state index in [2.05, 4.69) is 17.0 Å². The normalized spacial score (nSPS) is 11.4. The van der Waals surface area contributed by atoms with Gasteiger partial charge in [-0.3, -0.25) is 4.68 Å². The lowest BCUT2D eigenvalue weighted by Gasteiger charge is -2.05. The van der Waals surface area contributed by atoms with Gasteiger partial charge in [0, 0.05) is 18.8 Å². The van der Waals surface area contributed by atoms with Crippen LogP contribution in [0.5, 0.6) is 0 Å². The largest absolute Gasteiger partial charge is 0.330 e. The predicted octanol–water partition coefficient (Wildman–Crippen LogP) is 3.49.